The molecule has 0 aliphatic carbocycles. The summed E-state index contributed by atoms with van der Waals surface area (Å²) in [5.41, 5.74) is 5.50. The minimum Gasteiger partial charge on any atom is -0.497 e. The van der Waals surface area contributed by atoms with Gasteiger partial charge in [0.2, 0.25) is 0 Å². The number of amides is 2. The molecule has 5 nitrogen and oxygen atoms in total. The molecule has 5 heteroatoms. The SMILES string of the molecule is COc1ccc(NC(N)=O)c(OC)c1. The van der Waals surface area contributed by atoms with Crippen LogP contribution in [0.1, 0.15) is 0 Å². The zero-order valence-corrected chi connectivity index (χ0v) is 8.03. The molecule has 0 bridgehead atoms. The van der Waals surface area contributed by atoms with Crippen LogP contribution in [0.2, 0.25) is 0 Å². The molecule has 0 atom stereocenters. The van der Waals surface area contributed by atoms with E-state index in [0.29, 0.717) is 17.2 Å². The number of primary amides is 1. The molecule has 1 aromatic carbocycles. The number of carbonyl (C=O) groups excluding carboxylic acids is 1. The quantitative estimate of drug-likeness (QED) is 0.762. The van der Waals surface area contributed by atoms with Crippen molar-refractivity contribution >= 4 is 11.7 Å². The van der Waals surface area contributed by atoms with Crippen LogP contribution in [0.25, 0.3) is 0 Å². The number of nitrogens with one attached hydrogen (secondary N) is 1. The Balaban J connectivity index is 2.98. The second-order valence-electron chi connectivity index (χ2n) is 2.56. The lowest BCUT2D eigenvalue weighted by molar-refractivity contribution is 0.259. The Morgan fingerprint density at radius 2 is 2.07 bits per heavy atom. The van der Waals surface area contributed by atoms with E-state index in [9.17, 15) is 4.79 Å². The highest BCUT2D eigenvalue weighted by molar-refractivity contribution is 5.89. The fraction of sp³-hybridized carbons (Fsp3) is 0.222. The zero-order chi connectivity index (χ0) is 10.6. The number of carbonyl (C=O) groups is 1. The molecule has 2 amide bonds. The van der Waals surface area contributed by atoms with E-state index in [2.05, 4.69) is 5.32 Å². The van der Waals surface area contributed by atoms with Crippen LogP contribution in [0.5, 0.6) is 11.5 Å². The summed E-state index contributed by atoms with van der Waals surface area (Å²) in [6.45, 7) is 0. The Morgan fingerprint density at radius 3 is 2.57 bits per heavy atom. The Kier molecular flexibility index (Phi) is 3.17. The maximum Gasteiger partial charge on any atom is 0.316 e. The Hall–Kier alpha value is -1.91. The first-order valence-corrected chi connectivity index (χ1v) is 3.96. The molecular formula is C9H12N2O3. The molecule has 0 fully saturated rings. The maximum absolute atomic E-state index is 10.6. The van der Waals surface area contributed by atoms with Crippen molar-refractivity contribution in [2.24, 2.45) is 5.73 Å². The van der Waals surface area contributed by atoms with Gasteiger partial charge in [-0.2, -0.15) is 0 Å². The Bertz CT molecular complexity index is 339. The number of hydrogen-bond donors (Lipinski definition) is 2. The summed E-state index contributed by atoms with van der Waals surface area (Å²) in [5.74, 6) is 1.15. The fourth-order valence-corrected chi connectivity index (χ4v) is 1.03. The van der Waals surface area contributed by atoms with E-state index in [-0.39, 0.29) is 0 Å². The van der Waals surface area contributed by atoms with Gasteiger partial charge in [-0.15, -0.1) is 0 Å². The molecule has 0 saturated carbocycles. The molecule has 0 unspecified atom stereocenters. The van der Waals surface area contributed by atoms with E-state index < -0.39 is 6.03 Å². The van der Waals surface area contributed by atoms with Crippen LogP contribution in [0, 0.1) is 0 Å². The summed E-state index contributed by atoms with van der Waals surface area (Å²) in [7, 11) is 3.05. The first kappa shape index (κ1) is 10.2. The summed E-state index contributed by atoms with van der Waals surface area (Å²) in [6.07, 6.45) is 0. The Morgan fingerprint density at radius 1 is 1.36 bits per heavy atom. The number of nitrogens with two attached hydrogens (primary N) is 1. The molecule has 0 spiro atoms. The normalized spacial score (nSPS) is 9.29. The van der Waals surface area contributed by atoms with Crippen molar-refractivity contribution in [3.8, 4) is 11.5 Å². The molecule has 0 aliphatic heterocycles. The van der Waals surface area contributed by atoms with Crippen molar-refractivity contribution in [1.82, 2.24) is 0 Å². The third-order valence-electron chi connectivity index (χ3n) is 1.67. The molecule has 0 heterocycles. The molecule has 1 aromatic rings. The second-order valence-corrected chi connectivity index (χ2v) is 2.56. The van der Waals surface area contributed by atoms with Crippen molar-refractivity contribution in [2.45, 2.75) is 0 Å². The minimum absolute atomic E-state index is 0.503. The van der Waals surface area contributed by atoms with E-state index in [1.807, 2.05) is 0 Å². The molecule has 1 rings (SSSR count). The summed E-state index contributed by atoms with van der Waals surface area (Å²) in [4.78, 5) is 10.6. The first-order chi connectivity index (χ1) is 6.67. The lowest BCUT2D eigenvalue weighted by Gasteiger charge is -2.09. The number of anilines is 1. The summed E-state index contributed by atoms with van der Waals surface area (Å²) in [6, 6.07) is 4.38. The highest BCUT2D eigenvalue weighted by atomic mass is 16.5. The minimum atomic E-state index is -0.631. The number of rotatable bonds is 3. The van der Waals surface area contributed by atoms with Crippen molar-refractivity contribution in [2.75, 3.05) is 19.5 Å². The van der Waals surface area contributed by atoms with Crippen molar-refractivity contribution in [3.05, 3.63) is 18.2 Å². The molecule has 0 aromatic heterocycles. The Labute approximate surface area is 81.8 Å². The van der Waals surface area contributed by atoms with Gasteiger partial charge in [0.15, 0.2) is 0 Å². The smallest absolute Gasteiger partial charge is 0.316 e. The van der Waals surface area contributed by atoms with Crippen molar-refractivity contribution in [1.29, 1.82) is 0 Å². The van der Waals surface area contributed by atoms with E-state index in [4.69, 9.17) is 15.2 Å². The molecule has 0 saturated heterocycles. The van der Waals surface area contributed by atoms with Crippen LogP contribution in [0.15, 0.2) is 18.2 Å². The van der Waals surface area contributed by atoms with Crippen LogP contribution < -0.4 is 20.5 Å². The standard InChI is InChI=1S/C9H12N2O3/c1-13-6-3-4-7(11-9(10)12)8(5-6)14-2/h3-5H,1-2H3,(H3,10,11,12). The summed E-state index contributed by atoms with van der Waals surface area (Å²) in [5, 5.41) is 2.43. The highest BCUT2D eigenvalue weighted by Crippen LogP contribution is 2.28. The second kappa shape index (κ2) is 4.36. The van der Waals surface area contributed by atoms with E-state index in [0.717, 1.165) is 0 Å². The number of benzene rings is 1. The predicted molar refractivity (Wildman–Crippen MR) is 52.8 cm³/mol. The number of urea groups is 1. The molecule has 76 valence electrons. The van der Waals surface area contributed by atoms with E-state index >= 15 is 0 Å². The van der Waals surface area contributed by atoms with Gasteiger partial charge in [-0.05, 0) is 12.1 Å². The van der Waals surface area contributed by atoms with Gasteiger partial charge >= 0.3 is 6.03 Å². The number of methoxy groups -OCH3 is 2. The lowest BCUT2D eigenvalue weighted by Crippen LogP contribution is -2.19. The molecule has 0 aliphatic rings. The maximum atomic E-state index is 10.6. The average molecular weight is 196 g/mol. The van der Waals surface area contributed by atoms with Gasteiger partial charge in [0.05, 0.1) is 19.9 Å². The zero-order valence-electron chi connectivity index (χ0n) is 8.03. The average Bonchev–Trinajstić information content (AvgIpc) is 2.17. The number of hydrogen-bond acceptors (Lipinski definition) is 3. The fourth-order valence-electron chi connectivity index (χ4n) is 1.03. The van der Waals surface area contributed by atoms with Gasteiger partial charge in [-0.25, -0.2) is 4.79 Å². The van der Waals surface area contributed by atoms with Crippen LogP contribution in [-0.4, -0.2) is 20.3 Å². The molecule has 3 N–H and O–H groups in total. The van der Waals surface area contributed by atoms with Crippen molar-refractivity contribution in [3.63, 3.8) is 0 Å². The van der Waals surface area contributed by atoms with E-state index in [1.165, 1.54) is 7.11 Å². The summed E-state index contributed by atoms with van der Waals surface area (Å²) < 4.78 is 10.0. The van der Waals surface area contributed by atoms with Gasteiger partial charge in [0.25, 0.3) is 0 Å². The lowest BCUT2D eigenvalue weighted by atomic mass is 10.2. The third-order valence-corrected chi connectivity index (χ3v) is 1.67. The first-order valence-electron chi connectivity index (χ1n) is 3.96. The number of ether oxygens (including phenoxy) is 2. The molecule has 0 radical (unpaired) electrons. The largest absolute Gasteiger partial charge is 0.497 e. The van der Waals surface area contributed by atoms with Gasteiger partial charge < -0.3 is 20.5 Å². The predicted octanol–water partition coefficient (Wildman–Crippen LogP) is 1.19. The molecule has 14 heavy (non-hydrogen) atoms. The van der Waals surface area contributed by atoms with Crippen LogP contribution in [0.4, 0.5) is 10.5 Å². The van der Waals surface area contributed by atoms with Gasteiger partial charge in [-0.3, -0.25) is 0 Å². The topological polar surface area (TPSA) is 73.6 Å². The van der Waals surface area contributed by atoms with Gasteiger partial charge in [0, 0.05) is 6.07 Å². The monoisotopic (exact) mass is 196 g/mol. The summed E-state index contributed by atoms with van der Waals surface area (Å²) >= 11 is 0. The molecular weight excluding hydrogens is 184 g/mol. The van der Waals surface area contributed by atoms with E-state index in [1.54, 1.807) is 25.3 Å². The van der Waals surface area contributed by atoms with Crippen LogP contribution in [0.3, 0.4) is 0 Å². The van der Waals surface area contributed by atoms with Crippen molar-refractivity contribution < 1.29 is 14.3 Å². The highest BCUT2D eigenvalue weighted by Gasteiger charge is 2.05. The van der Waals surface area contributed by atoms with Crippen LogP contribution in [-0.2, 0) is 0 Å². The van der Waals surface area contributed by atoms with Crippen LogP contribution >= 0.6 is 0 Å². The van der Waals surface area contributed by atoms with Gasteiger partial charge in [-0.1, -0.05) is 0 Å². The third kappa shape index (κ3) is 2.29. The van der Waals surface area contributed by atoms with Gasteiger partial charge in [0.1, 0.15) is 11.5 Å².